The number of hydrogen-bond donors (Lipinski definition) is 0. The van der Waals surface area contributed by atoms with Crippen molar-refractivity contribution >= 4 is 46.3 Å². The number of rotatable bonds is 24. The smallest absolute Gasteiger partial charge is 0.343 e. The highest BCUT2D eigenvalue weighted by atomic mass is 35.5. The molecule has 0 bridgehead atoms. The van der Waals surface area contributed by atoms with Crippen molar-refractivity contribution in [1.82, 2.24) is 0 Å². The normalized spacial score (nSPS) is 11.2. The molecule has 0 aromatic heterocycles. The van der Waals surface area contributed by atoms with Gasteiger partial charge in [0.2, 0.25) is 0 Å². The van der Waals surface area contributed by atoms with Crippen molar-refractivity contribution in [2.75, 3.05) is 13.2 Å². The van der Waals surface area contributed by atoms with Gasteiger partial charge >= 0.3 is 11.9 Å². The average molecular weight is 817 g/mol. The third kappa shape index (κ3) is 15.8. The fraction of sp³-hybridized carbons (Fsp3) is 0.333. The molecule has 5 aromatic carbocycles. The first kappa shape index (κ1) is 44.2. The Morgan fingerprint density at radius 3 is 1.22 bits per heavy atom. The number of carbonyl (C=O) groups excluding carboxylic acids is 2. The molecule has 0 spiro atoms. The largest absolute Gasteiger partial charge is 0.494 e. The topological polar surface area (TPSA) is 121 Å². The molecular formula is C48H53ClN4O6. The molecule has 0 atom stereocenters. The van der Waals surface area contributed by atoms with E-state index >= 15 is 0 Å². The standard InChI is InChI=1S/C48H53ClN4O6/c1-3-5-7-9-11-13-33-56-42-27-23-40(24-28-42)52-50-38-19-15-36(16-20-38)47(54)58-44-31-32-45(49)46(35-44)59-48(55)37-17-21-39(22-18-37)51-53-41-25-29-43(30-26-41)57-34-14-12-10-8-6-4-2/h15-32,35H,3-14,33-34H2,1-2H3. The molecule has 11 heteroatoms. The first-order valence-electron chi connectivity index (χ1n) is 20.6. The predicted molar refractivity (Wildman–Crippen MR) is 233 cm³/mol. The fourth-order valence-electron chi connectivity index (χ4n) is 5.87. The summed E-state index contributed by atoms with van der Waals surface area (Å²) in [6.07, 6.45) is 14.6. The van der Waals surface area contributed by atoms with Crippen molar-refractivity contribution in [3.63, 3.8) is 0 Å². The van der Waals surface area contributed by atoms with Gasteiger partial charge in [-0.2, -0.15) is 20.5 Å². The van der Waals surface area contributed by atoms with Crippen LogP contribution in [0.4, 0.5) is 22.7 Å². The van der Waals surface area contributed by atoms with E-state index in [1.165, 1.54) is 82.4 Å². The van der Waals surface area contributed by atoms with Crippen LogP contribution in [0, 0.1) is 0 Å². The van der Waals surface area contributed by atoms with Gasteiger partial charge in [0.05, 0.1) is 52.1 Å². The quantitative estimate of drug-likeness (QED) is 0.0265. The van der Waals surface area contributed by atoms with Crippen LogP contribution in [0.2, 0.25) is 5.02 Å². The third-order valence-corrected chi connectivity index (χ3v) is 9.60. The first-order chi connectivity index (χ1) is 28.9. The van der Waals surface area contributed by atoms with Crippen LogP contribution >= 0.6 is 11.6 Å². The summed E-state index contributed by atoms with van der Waals surface area (Å²) < 4.78 is 22.8. The van der Waals surface area contributed by atoms with E-state index < -0.39 is 11.9 Å². The summed E-state index contributed by atoms with van der Waals surface area (Å²) in [5.74, 6) is 0.544. The zero-order valence-corrected chi connectivity index (χ0v) is 34.7. The highest BCUT2D eigenvalue weighted by Gasteiger charge is 2.15. The number of esters is 2. The Kier molecular flexibility index (Phi) is 18.6. The van der Waals surface area contributed by atoms with E-state index in [0.29, 0.717) is 41.5 Å². The van der Waals surface area contributed by atoms with E-state index in [1.807, 2.05) is 48.5 Å². The minimum Gasteiger partial charge on any atom is -0.494 e. The summed E-state index contributed by atoms with van der Waals surface area (Å²) in [5.41, 5.74) is 3.05. The minimum absolute atomic E-state index is 0.0401. The van der Waals surface area contributed by atoms with Crippen molar-refractivity contribution in [2.45, 2.75) is 90.9 Å². The molecule has 0 saturated heterocycles. The van der Waals surface area contributed by atoms with Crippen LogP contribution in [0.25, 0.3) is 0 Å². The number of halogens is 1. The molecule has 0 unspecified atom stereocenters. The Hall–Kier alpha value is -5.87. The van der Waals surface area contributed by atoms with Gasteiger partial charge in [-0.3, -0.25) is 0 Å². The Morgan fingerprint density at radius 2 is 0.797 bits per heavy atom. The number of carbonyl (C=O) groups is 2. The lowest BCUT2D eigenvalue weighted by Crippen LogP contribution is -2.10. The molecule has 5 rings (SSSR count). The monoisotopic (exact) mass is 816 g/mol. The van der Waals surface area contributed by atoms with Crippen LogP contribution in [0.1, 0.15) is 112 Å². The van der Waals surface area contributed by atoms with E-state index in [2.05, 4.69) is 34.3 Å². The van der Waals surface area contributed by atoms with Crippen LogP contribution in [0.5, 0.6) is 23.0 Å². The molecule has 5 aromatic rings. The molecule has 0 amide bonds. The van der Waals surface area contributed by atoms with E-state index in [0.717, 1.165) is 24.3 Å². The van der Waals surface area contributed by atoms with Crippen LogP contribution < -0.4 is 18.9 Å². The highest BCUT2D eigenvalue weighted by molar-refractivity contribution is 6.32. The summed E-state index contributed by atoms with van der Waals surface area (Å²) in [7, 11) is 0. The molecule has 0 fully saturated rings. The molecular weight excluding hydrogens is 764 g/mol. The molecule has 0 saturated carbocycles. The lowest BCUT2D eigenvalue weighted by atomic mass is 10.1. The molecule has 0 N–H and O–H groups in total. The number of ether oxygens (including phenoxy) is 4. The summed E-state index contributed by atoms with van der Waals surface area (Å²) >= 11 is 6.33. The van der Waals surface area contributed by atoms with Crippen molar-refractivity contribution < 1.29 is 28.5 Å². The second kappa shape index (κ2) is 24.8. The number of hydrogen-bond acceptors (Lipinski definition) is 10. The number of benzene rings is 5. The van der Waals surface area contributed by atoms with Crippen molar-refractivity contribution in [1.29, 1.82) is 0 Å². The summed E-state index contributed by atoms with van der Waals surface area (Å²) in [5, 5.41) is 17.3. The average Bonchev–Trinajstić information content (AvgIpc) is 3.26. The van der Waals surface area contributed by atoms with Gasteiger partial charge in [0.25, 0.3) is 0 Å². The van der Waals surface area contributed by atoms with Gasteiger partial charge in [0.1, 0.15) is 17.2 Å². The summed E-state index contributed by atoms with van der Waals surface area (Å²) in [4.78, 5) is 25.9. The molecule has 308 valence electrons. The predicted octanol–water partition coefficient (Wildman–Crippen LogP) is 15.1. The van der Waals surface area contributed by atoms with Gasteiger partial charge in [-0.05, 0) is 122 Å². The second-order valence-corrected chi connectivity index (χ2v) is 14.5. The molecule has 0 radical (unpaired) electrons. The fourth-order valence-corrected chi connectivity index (χ4v) is 6.03. The van der Waals surface area contributed by atoms with Gasteiger partial charge in [-0.1, -0.05) is 89.7 Å². The third-order valence-electron chi connectivity index (χ3n) is 9.29. The second-order valence-electron chi connectivity index (χ2n) is 14.1. The van der Waals surface area contributed by atoms with Gasteiger partial charge in [0, 0.05) is 6.07 Å². The van der Waals surface area contributed by atoms with Gasteiger partial charge in [-0.25, -0.2) is 9.59 Å². The van der Waals surface area contributed by atoms with Crippen molar-refractivity contribution in [3.05, 3.63) is 131 Å². The Bertz CT molecular complexity index is 2090. The van der Waals surface area contributed by atoms with E-state index in [9.17, 15) is 9.59 Å². The van der Waals surface area contributed by atoms with Gasteiger partial charge in [-0.15, -0.1) is 0 Å². The van der Waals surface area contributed by atoms with Crippen LogP contribution in [-0.4, -0.2) is 25.2 Å². The highest BCUT2D eigenvalue weighted by Crippen LogP contribution is 2.31. The molecule has 0 aliphatic heterocycles. The molecule has 59 heavy (non-hydrogen) atoms. The van der Waals surface area contributed by atoms with Gasteiger partial charge < -0.3 is 18.9 Å². The molecule has 0 aliphatic rings. The maximum absolute atomic E-state index is 13.0. The number of unbranched alkanes of at least 4 members (excludes halogenated alkanes) is 10. The van der Waals surface area contributed by atoms with E-state index in [4.69, 9.17) is 30.5 Å². The summed E-state index contributed by atoms with van der Waals surface area (Å²) in [6, 6.07) is 32.3. The molecule has 0 heterocycles. The Labute approximate surface area is 352 Å². The van der Waals surface area contributed by atoms with Crippen molar-refractivity contribution in [2.24, 2.45) is 20.5 Å². The Morgan fingerprint density at radius 1 is 0.441 bits per heavy atom. The summed E-state index contributed by atoms with van der Waals surface area (Å²) in [6.45, 7) is 5.84. The first-order valence-corrected chi connectivity index (χ1v) is 21.0. The lowest BCUT2D eigenvalue weighted by Gasteiger charge is -2.09. The zero-order chi connectivity index (χ0) is 41.5. The number of azo groups is 2. The van der Waals surface area contributed by atoms with Crippen LogP contribution in [0.3, 0.4) is 0 Å². The maximum Gasteiger partial charge on any atom is 0.343 e. The SMILES string of the molecule is CCCCCCCCOc1ccc(N=Nc2ccc(C(=O)Oc3ccc(Cl)c(OC(=O)c4ccc(N=Nc5ccc(OCCCCCCCC)cc5)cc4)c3)cc2)cc1. The van der Waals surface area contributed by atoms with Crippen molar-refractivity contribution in [3.8, 4) is 23.0 Å². The van der Waals surface area contributed by atoms with Crippen LogP contribution in [-0.2, 0) is 0 Å². The zero-order valence-electron chi connectivity index (χ0n) is 34.0. The number of nitrogens with zero attached hydrogens (tertiary/aromatic N) is 4. The molecule has 0 aliphatic carbocycles. The van der Waals surface area contributed by atoms with E-state index in [-0.39, 0.29) is 22.1 Å². The Balaban J connectivity index is 1.06. The maximum atomic E-state index is 13.0. The van der Waals surface area contributed by atoms with Crippen LogP contribution in [0.15, 0.2) is 136 Å². The lowest BCUT2D eigenvalue weighted by molar-refractivity contribution is 0.0733. The molecule has 10 nitrogen and oxygen atoms in total. The minimum atomic E-state index is -0.645. The van der Waals surface area contributed by atoms with E-state index in [1.54, 1.807) is 48.5 Å². The van der Waals surface area contributed by atoms with Gasteiger partial charge in [0.15, 0.2) is 5.75 Å².